The summed E-state index contributed by atoms with van der Waals surface area (Å²) in [5.41, 5.74) is 4.29. The molecule has 0 radical (unpaired) electrons. The number of pyridine rings is 1. The monoisotopic (exact) mass is 323 g/mol. The van der Waals surface area contributed by atoms with Gasteiger partial charge in [0.2, 0.25) is 0 Å². The van der Waals surface area contributed by atoms with E-state index in [2.05, 4.69) is 9.97 Å². The van der Waals surface area contributed by atoms with Crippen LogP contribution >= 0.6 is 11.6 Å². The average molecular weight is 324 g/mol. The summed E-state index contributed by atoms with van der Waals surface area (Å²) in [6.45, 7) is 0. The van der Waals surface area contributed by atoms with E-state index in [0.29, 0.717) is 5.39 Å². The van der Waals surface area contributed by atoms with Crippen molar-refractivity contribution < 1.29 is 18.7 Å². The third-order valence-electron chi connectivity index (χ3n) is 3.20. The zero-order valence-corrected chi connectivity index (χ0v) is 11.6. The predicted octanol–water partition coefficient (Wildman–Crippen LogP) is 3.44. The van der Waals surface area contributed by atoms with Crippen LogP contribution in [0.3, 0.4) is 0 Å². The lowest BCUT2D eigenvalue weighted by Crippen LogP contribution is -2.08. The molecule has 0 saturated carbocycles. The molecule has 8 heteroatoms. The summed E-state index contributed by atoms with van der Waals surface area (Å²) >= 11 is 5.67. The van der Waals surface area contributed by atoms with Gasteiger partial charge in [-0.2, -0.15) is 0 Å². The van der Waals surface area contributed by atoms with E-state index in [0.717, 1.165) is 6.07 Å². The predicted molar refractivity (Wildman–Crippen MR) is 77.8 cm³/mol. The third-order valence-corrected chi connectivity index (χ3v) is 3.58. The van der Waals surface area contributed by atoms with Crippen molar-refractivity contribution in [3.05, 3.63) is 46.7 Å². The Morgan fingerprint density at radius 3 is 2.77 bits per heavy atom. The number of carboxylic acids is 1. The number of aromatic amines is 1. The molecular formula is C14H8ClF2N3O2. The molecule has 0 aliphatic heterocycles. The number of nitrogens with two attached hydrogens (primary N) is 1. The van der Waals surface area contributed by atoms with E-state index in [4.69, 9.17) is 22.4 Å². The second kappa shape index (κ2) is 4.96. The van der Waals surface area contributed by atoms with Crippen molar-refractivity contribution in [1.82, 2.24) is 9.97 Å². The molecule has 0 aliphatic carbocycles. The number of anilines is 1. The first kappa shape index (κ1) is 14.3. The highest BCUT2D eigenvalue weighted by Crippen LogP contribution is 2.33. The van der Waals surface area contributed by atoms with E-state index in [1.807, 2.05) is 0 Å². The zero-order valence-electron chi connectivity index (χ0n) is 10.8. The largest absolute Gasteiger partial charge is 0.476 e. The van der Waals surface area contributed by atoms with Gasteiger partial charge in [0.25, 0.3) is 0 Å². The molecule has 3 aromatic rings. The minimum absolute atomic E-state index is 0.0629. The van der Waals surface area contributed by atoms with Gasteiger partial charge in [-0.25, -0.2) is 18.6 Å². The summed E-state index contributed by atoms with van der Waals surface area (Å²) in [6.07, 6.45) is 1.53. The topological polar surface area (TPSA) is 92.0 Å². The van der Waals surface area contributed by atoms with Crippen LogP contribution in [-0.2, 0) is 0 Å². The smallest absolute Gasteiger partial charge is 0.356 e. The minimum Gasteiger partial charge on any atom is -0.476 e. The number of benzene rings is 1. The standard InChI is InChI=1S/C14H8ClF2N3O2/c15-8-10(18)9(17)12(20-13(8)14(21)22)6-3-5-1-2-19-11(5)7(16)4-6/h1-4,19H,(H2,18,20)(H,21,22). The number of hydrogen-bond acceptors (Lipinski definition) is 3. The van der Waals surface area contributed by atoms with Crippen molar-refractivity contribution in [2.75, 3.05) is 5.73 Å². The molecule has 0 saturated heterocycles. The van der Waals surface area contributed by atoms with E-state index >= 15 is 0 Å². The van der Waals surface area contributed by atoms with Gasteiger partial charge < -0.3 is 15.8 Å². The Labute approximate surface area is 127 Å². The van der Waals surface area contributed by atoms with Crippen LogP contribution in [0.2, 0.25) is 5.02 Å². The van der Waals surface area contributed by atoms with E-state index < -0.39 is 34.0 Å². The van der Waals surface area contributed by atoms with Gasteiger partial charge in [-0.15, -0.1) is 0 Å². The second-order valence-corrected chi connectivity index (χ2v) is 4.93. The Bertz CT molecular complexity index is 924. The number of halogens is 3. The lowest BCUT2D eigenvalue weighted by Gasteiger charge is -2.10. The van der Waals surface area contributed by atoms with E-state index in [9.17, 15) is 13.6 Å². The molecule has 0 bridgehead atoms. The molecule has 0 atom stereocenters. The lowest BCUT2D eigenvalue weighted by molar-refractivity contribution is 0.0691. The molecule has 2 aromatic heterocycles. The maximum Gasteiger partial charge on any atom is 0.356 e. The van der Waals surface area contributed by atoms with Gasteiger partial charge in [0.15, 0.2) is 11.5 Å². The molecule has 2 heterocycles. The van der Waals surface area contributed by atoms with Gasteiger partial charge >= 0.3 is 5.97 Å². The zero-order chi connectivity index (χ0) is 16.0. The van der Waals surface area contributed by atoms with Gasteiger partial charge in [0.1, 0.15) is 11.5 Å². The SMILES string of the molecule is Nc1c(F)c(-c2cc(F)c3[nH]ccc3c2)nc(C(=O)O)c1Cl. The molecule has 0 fully saturated rings. The van der Waals surface area contributed by atoms with Crippen molar-refractivity contribution in [3.63, 3.8) is 0 Å². The molecule has 0 amide bonds. The van der Waals surface area contributed by atoms with Crippen LogP contribution in [0.1, 0.15) is 10.5 Å². The molecule has 4 N–H and O–H groups in total. The summed E-state index contributed by atoms with van der Waals surface area (Å²) in [7, 11) is 0. The van der Waals surface area contributed by atoms with E-state index in [1.165, 1.54) is 12.3 Å². The fraction of sp³-hybridized carbons (Fsp3) is 0. The van der Waals surface area contributed by atoms with Crippen molar-refractivity contribution in [1.29, 1.82) is 0 Å². The molecular weight excluding hydrogens is 316 g/mol. The van der Waals surface area contributed by atoms with Crippen molar-refractivity contribution in [2.24, 2.45) is 0 Å². The number of carboxylic acid groups (broad SMARTS) is 1. The maximum absolute atomic E-state index is 14.3. The maximum atomic E-state index is 14.3. The van der Waals surface area contributed by atoms with Crippen LogP contribution in [0.15, 0.2) is 24.4 Å². The summed E-state index contributed by atoms with van der Waals surface area (Å²) in [4.78, 5) is 17.5. The van der Waals surface area contributed by atoms with E-state index in [1.54, 1.807) is 6.07 Å². The highest BCUT2D eigenvalue weighted by molar-refractivity contribution is 6.35. The van der Waals surface area contributed by atoms with Crippen LogP contribution in [-0.4, -0.2) is 21.0 Å². The summed E-state index contributed by atoms with van der Waals surface area (Å²) in [5, 5.41) is 9.04. The van der Waals surface area contributed by atoms with Crippen LogP contribution < -0.4 is 5.73 Å². The first-order valence-corrected chi connectivity index (χ1v) is 6.42. The first-order valence-electron chi connectivity index (χ1n) is 6.05. The van der Waals surface area contributed by atoms with Gasteiger partial charge in [-0.1, -0.05) is 11.6 Å². The number of rotatable bonds is 2. The number of H-pyrrole nitrogens is 1. The summed E-state index contributed by atoms with van der Waals surface area (Å²) in [5.74, 6) is -3.07. The lowest BCUT2D eigenvalue weighted by atomic mass is 10.1. The van der Waals surface area contributed by atoms with Gasteiger partial charge in [0.05, 0.1) is 16.2 Å². The number of aromatic nitrogens is 2. The van der Waals surface area contributed by atoms with Gasteiger partial charge in [0, 0.05) is 17.1 Å². The van der Waals surface area contributed by atoms with Crippen LogP contribution in [0.25, 0.3) is 22.2 Å². The molecule has 5 nitrogen and oxygen atoms in total. The Balaban J connectivity index is 2.32. The highest BCUT2D eigenvalue weighted by atomic mass is 35.5. The molecule has 22 heavy (non-hydrogen) atoms. The fourth-order valence-corrected chi connectivity index (χ4v) is 2.36. The molecule has 0 unspecified atom stereocenters. The molecule has 3 rings (SSSR count). The van der Waals surface area contributed by atoms with Crippen molar-refractivity contribution in [3.8, 4) is 11.3 Å². The molecule has 0 aliphatic rings. The quantitative estimate of drug-likeness (QED) is 0.673. The van der Waals surface area contributed by atoms with Gasteiger partial charge in [-0.3, -0.25) is 0 Å². The minimum atomic E-state index is -1.46. The van der Waals surface area contributed by atoms with Gasteiger partial charge in [-0.05, 0) is 18.2 Å². The number of nitrogen functional groups attached to an aromatic ring is 1. The highest BCUT2D eigenvalue weighted by Gasteiger charge is 2.22. The number of fused-ring (bicyclic) bond motifs is 1. The normalized spacial score (nSPS) is 11.0. The second-order valence-electron chi connectivity index (χ2n) is 4.56. The number of hydrogen-bond donors (Lipinski definition) is 3. The van der Waals surface area contributed by atoms with Crippen LogP contribution in [0.5, 0.6) is 0 Å². The third kappa shape index (κ3) is 2.06. The number of carbonyl (C=O) groups is 1. The van der Waals surface area contributed by atoms with Crippen LogP contribution in [0.4, 0.5) is 14.5 Å². The Morgan fingerprint density at radius 1 is 1.36 bits per heavy atom. The molecule has 0 spiro atoms. The van der Waals surface area contributed by atoms with Crippen molar-refractivity contribution >= 4 is 34.2 Å². The Hall–Kier alpha value is -2.67. The molecule has 112 valence electrons. The van der Waals surface area contributed by atoms with Crippen LogP contribution in [0, 0.1) is 11.6 Å². The molecule has 1 aromatic carbocycles. The number of aromatic carboxylic acids is 1. The Kier molecular flexibility index (Phi) is 3.22. The van der Waals surface area contributed by atoms with E-state index in [-0.39, 0.29) is 16.8 Å². The average Bonchev–Trinajstić information content (AvgIpc) is 2.93. The summed E-state index contributed by atoms with van der Waals surface area (Å²) in [6, 6.07) is 4.11. The number of nitrogens with one attached hydrogen (secondary N) is 1. The number of nitrogens with zero attached hydrogens (tertiary/aromatic N) is 1. The Morgan fingerprint density at radius 2 is 2.09 bits per heavy atom. The first-order chi connectivity index (χ1) is 10.4. The van der Waals surface area contributed by atoms with Crippen molar-refractivity contribution in [2.45, 2.75) is 0 Å². The fourth-order valence-electron chi connectivity index (χ4n) is 2.16. The summed E-state index contributed by atoms with van der Waals surface area (Å²) < 4.78 is 28.2.